The molecule has 10 atom stereocenters. The van der Waals surface area contributed by atoms with Crippen molar-refractivity contribution in [3.8, 4) is 0 Å². The van der Waals surface area contributed by atoms with E-state index in [0.29, 0.717) is 32.1 Å². The predicted octanol–water partition coefficient (Wildman–Crippen LogP) is -0.167. The van der Waals surface area contributed by atoms with E-state index in [1.165, 1.54) is 52.2 Å². The van der Waals surface area contributed by atoms with Gasteiger partial charge in [-0.05, 0) is 108 Å². The summed E-state index contributed by atoms with van der Waals surface area (Å²) in [6.45, 7) is 20.4. The van der Waals surface area contributed by atoms with Gasteiger partial charge in [0.1, 0.15) is 52.4 Å². The molecule has 7 N–H and O–H groups in total. The van der Waals surface area contributed by atoms with Crippen molar-refractivity contribution in [3.63, 3.8) is 0 Å². The van der Waals surface area contributed by atoms with Gasteiger partial charge in [0.25, 0.3) is 0 Å². The number of rotatable bonds is 40. The van der Waals surface area contributed by atoms with Crippen LogP contribution in [0, 0.1) is 0 Å². The van der Waals surface area contributed by atoms with E-state index < -0.39 is 174 Å². The number of carbonyl (C=O) groups excluding carboxylic acids is 10. The molecular weight excluding hydrogens is 1050 g/mol. The van der Waals surface area contributed by atoms with E-state index >= 15 is 0 Å². The van der Waals surface area contributed by atoms with Gasteiger partial charge in [0.2, 0.25) is 59.1 Å². The van der Waals surface area contributed by atoms with Crippen LogP contribution in [0.15, 0.2) is 0 Å². The van der Waals surface area contributed by atoms with Crippen LogP contribution in [-0.2, 0) is 47.9 Å². The molecule has 468 valence electrons. The third-order valence-electron chi connectivity index (χ3n) is 15.7. The number of nitrogens with zero attached hydrogens (tertiary/aromatic N) is 9. The fourth-order valence-electron chi connectivity index (χ4n) is 8.47. The molecule has 0 aromatic carbocycles. The Bertz CT molecular complexity index is 2020. The Hall–Kier alpha value is -5.50. The Kier molecular flexibility index (Phi) is 35.7. The largest absolute Gasteiger partial charge is 0.394 e. The Morgan fingerprint density at radius 3 is 0.630 bits per heavy atom. The van der Waals surface area contributed by atoms with Gasteiger partial charge in [-0.1, -0.05) is 41.5 Å². The fraction of sp³-hybridized carbons (Fsp3) is 0.821. The third-order valence-corrected chi connectivity index (χ3v) is 15.7. The molecule has 0 radical (unpaired) electrons. The van der Waals surface area contributed by atoms with Crippen molar-refractivity contribution in [1.82, 2.24) is 49.4 Å². The molecule has 0 saturated carbocycles. The lowest BCUT2D eigenvalue weighted by atomic mass is 10.1. The molecule has 0 aromatic heterocycles. The first-order valence-corrected chi connectivity index (χ1v) is 29.1. The minimum absolute atomic E-state index is 0.0181. The molecule has 25 nitrogen and oxygen atoms in total. The highest BCUT2D eigenvalue weighted by Gasteiger charge is 2.37. The van der Waals surface area contributed by atoms with Gasteiger partial charge in [-0.15, -0.1) is 0 Å². The summed E-state index contributed by atoms with van der Waals surface area (Å²) in [5.41, 5.74) is 5.45. The zero-order valence-electron chi connectivity index (χ0n) is 51.9. The Balaban J connectivity index is 6.93. The first-order valence-electron chi connectivity index (χ1n) is 29.1. The number of aliphatic hydroxyl groups excluding tert-OH is 4. The van der Waals surface area contributed by atoms with Crippen LogP contribution in [0.25, 0.3) is 0 Å². The molecule has 0 spiro atoms. The molecule has 0 heterocycles. The molecular formula is C56H105N11O14. The highest BCUT2D eigenvalue weighted by atomic mass is 16.3. The number of nitrogens with one attached hydrogen (secondary N) is 1. The van der Waals surface area contributed by atoms with Crippen molar-refractivity contribution in [2.24, 2.45) is 5.73 Å². The maximum absolute atomic E-state index is 14.6. The zero-order valence-corrected chi connectivity index (χ0v) is 51.9. The second kappa shape index (κ2) is 38.3. The summed E-state index contributed by atoms with van der Waals surface area (Å²) >= 11 is 0. The minimum Gasteiger partial charge on any atom is -0.394 e. The third kappa shape index (κ3) is 24.1. The van der Waals surface area contributed by atoms with E-state index in [4.69, 9.17) is 5.73 Å². The highest BCUT2D eigenvalue weighted by molar-refractivity contribution is 5.94. The van der Waals surface area contributed by atoms with Crippen molar-refractivity contribution >= 4 is 59.1 Å². The molecule has 81 heavy (non-hydrogen) atoms. The fourth-order valence-corrected chi connectivity index (χ4v) is 8.47. The lowest BCUT2D eigenvalue weighted by Gasteiger charge is -2.38. The first-order chi connectivity index (χ1) is 37.9. The van der Waals surface area contributed by atoms with Gasteiger partial charge in [-0.25, -0.2) is 0 Å². The molecule has 0 aliphatic rings. The van der Waals surface area contributed by atoms with E-state index in [1.54, 1.807) is 55.4 Å². The van der Waals surface area contributed by atoms with Crippen molar-refractivity contribution in [3.05, 3.63) is 0 Å². The molecule has 25 heteroatoms. The van der Waals surface area contributed by atoms with E-state index in [1.807, 2.05) is 27.7 Å². The summed E-state index contributed by atoms with van der Waals surface area (Å²) in [5, 5.41) is 44.4. The van der Waals surface area contributed by atoms with E-state index in [2.05, 4.69) is 5.32 Å². The molecule has 0 aliphatic carbocycles. The van der Waals surface area contributed by atoms with Gasteiger partial charge in [0.15, 0.2) is 0 Å². The van der Waals surface area contributed by atoms with Gasteiger partial charge in [-0.3, -0.25) is 47.9 Å². The minimum atomic E-state index is -0.997. The number of amides is 10. The van der Waals surface area contributed by atoms with Crippen LogP contribution in [0.3, 0.4) is 0 Å². The second-order valence-electron chi connectivity index (χ2n) is 21.8. The monoisotopic (exact) mass is 1160 g/mol. The highest BCUT2D eigenvalue weighted by Crippen LogP contribution is 2.17. The predicted molar refractivity (Wildman–Crippen MR) is 307 cm³/mol. The smallest absolute Gasteiger partial charge is 0.242 e. The molecule has 10 amide bonds. The number of aliphatic hydroxyl groups is 4. The lowest BCUT2D eigenvalue weighted by molar-refractivity contribution is -0.153. The summed E-state index contributed by atoms with van der Waals surface area (Å²) in [6.07, 6.45) is 2.93. The van der Waals surface area contributed by atoms with E-state index in [9.17, 15) is 68.4 Å². The van der Waals surface area contributed by atoms with Crippen molar-refractivity contribution < 1.29 is 68.4 Å². The summed E-state index contributed by atoms with van der Waals surface area (Å²) < 4.78 is 0. The normalized spacial score (nSPS) is 15.0. The standard InChI is InChI=1S/C56H105N11O14/c1-17-37(7)58-23-48(73)60(39(9)19-3)25-53(78)66(45(15)35-70)31-55(80)65(44(14)34-69)30-52(77)62(41(11)21-5)27-50(75)63(42(12)22-6)28-54(79)67(46(16)36-71)32-56(81)64(43(13)33-68)29-51(76)61(40(10)20-4)26-49(74)59(24-47(57)72)38(8)18-2/h37-46,58,68-71H,17-36H2,1-16H3,(H2,57,72). The average molecular weight is 1160 g/mol. The summed E-state index contributed by atoms with van der Waals surface area (Å²) in [5.74, 6) is -6.53. The number of hydrogen-bond donors (Lipinski definition) is 6. The van der Waals surface area contributed by atoms with Crippen LogP contribution in [-0.4, -0.2) is 276 Å². The number of carbonyl (C=O) groups is 10. The SMILES string of the molecule is CCC(C)NCC(=O)N(CC(=O)N(CC(=O)N(CC(=O)N(CC(=O)N(CC(=O)N(CC(=O)N(CC(=O)N(CC(=O)N(CC(N)=O)C(C)CC)C(C)CC)C(C)CO)C(C)CO)C(C)CC)C(C)CC)C(C)CO)C(C)CO)C(C)CC. The number of primary amides is 1. The number of hydrogen-bond acceptors (Lipinski definition) is 15. The van der Waals surface area contributed by atoms with Crippen molar-refractivity contribution in [1.29, 1.82) is 0 Å². The first kappa shape index (κ1) is 75.5. The molecule has 0 fully saturated rings. The maximum atomic E-state index is 14.6. The molecule has 0 aromatic rings. The van der Waals surface area contributed by atoms with Gasteiger partial charge >= 0.3 is 0 Å². The van der Waals surface area contributed by atoms with Crippen molar-refractivity contribution in [2.45, 2.75) is 210 Å². The Labute approximate surface area is 482 Å². The van der Waals surface area contributed by atoms with Crippen LogP contribution in [0.1, 0.15) is 149 Å². The molecule has 0 rings (SSSR count). The molecule has 0 saturated heterocycles. The van der Waals surface area contributed by atoms with Crippen LogP contribution in [0.2, 0.25) is 0 Å². The lowest BCUT2D eigenvalue weighted by Crippen LogP contribution is -2.58. The summed E-state index contributed by atoms with van der Waals surface area (Å²) in [4.78, 5) is 150. The second-order valence-corrected chi connectivity index (χ2v) is 21.8. The Morgan fingerprint density at radius 2 is 0.469 bits per heavy atom. The summed E-state index contributed by atoms with van der Waals surface area (Å²) in [6, 6.07) is -6.20. The Morgan fingerprint density at radius 1 is 0.296 bits per heavy atom. The molecule has 0 bridgehead atoms. The summed E-state index contributed by atoms with van der Waals surface area (Å²) in [7, 11) is 0. The molecule has 10 unspecified atom stereocenters. The quantitative estimate of drug-likeness (QED) is 0.0464. The van der Waals surface area contributed by atoms with Gasteiger partial charge < -0.3 is 75.6 Å². The van der Waals surface area contributed by atoms with Crippen LogP contribution in [0.5, 0.6) is 0 Å². The van der Waals surface area contributed by atoms with Gasteiger partial charge in [-0.2, -0.15) is 0 Å². The van der Waals surface area contributed by atoms with Crippen LogP contribution >= 0.6 is 0 Å². The van der Waals surface area contributed by atoms with Crippen LogP contribution in [0.4, 0.5) is 0 Å². The topological polar surface area (TPSA) is 319 Å². The maximum Gasteiger partial charge on any atom is 0.242 e. The van der Waals surface area contributed by atoms with Gasteiger partial charge in [0, 0.05) is 36.3 Å². The van der Waals surface area contributed by atoms with Crippen LogP contribution < -0.4 is 11.1 Å². The van der Waals surface area contributed by atoms with Crippen molar-refractivity contribution in [2.75, 3.05) is 91.9 Å². The van der Waals surface area contributed by atoms with Gasteiger partial charge in [0.05, 0.1) is 63.7 Å². The molecule has 0 aliphatic heterocycles. The average Bonchev–Trinajstić information content (AvgIpc) is 3.46. The van der Waals surface area contributed by atoms with E-state index in [0.717, 1.165) is 26.0 Å². The number of nitrogens with two attached hydrogens (primary N) is 1. The van der Waals surface area contributed by atoms with E-state index in [-0.39, 0.29) is 37.1 Å². The zero-order chi connectivity index (χ0) is 62.6.